The maximum atomic E-state index is 13.1. The second-order valence-electron chi connectivity index (χ2n) is 4.66. The number of piperidine rings is 1. The summed E-state index contributed by atoms with van der Waals surface area (Å²) in [6, 6.07) is -1.53. The molecular formula is C11H11ClF3N5. The number of anilines is 1. The van der Waals surface area contributed by atoms with Crippen molar-refractivity contribution >= 4 is 23.2 Å². The van der Waals surface area contributed by atoms with E-state index in [9.17, 15) is 13.2 Å². The van der Waals surface area contributed by atoms with E-state index >= 15 is 0 Å². The molecule has 108 valence electrons. The largest absolute Gasteiger partial charge is 0.408 e. The molecule has 1 aliphatic rings. The van der Waals surface area contributed by atoms with Crippen molar-refractivity contribution in [3.05, 3.63) is 17.5 Å². The van der Waals surface area contributed by atoms with Crippen LogP contribution in [0.3, 0.4) is 0 Å². The monoisotopic (exact) mass is 305 g/mol. The molecule has 0 aliphatic carbocycles. The summed E-state index contributed by atoms with van der Waals surface area (Å²) in [5.74, 6) is 0.159. The van der Waals surface area contributed by atoms with E-state index < -0.39 is 12.2 Å². The van der Waals surface area contributed by atoms with Crippen molar-refractivity contribution in [2.75, 3.05) is 11.4 Å². The fourth-order valence-corrected chi connectivity index (χ4v) is 2.68. The Morgan fingerprint density at radius 1 is 1.25 bits per heavy atom. The van der Waals surface area contributed by atoms with Gasteiger partial charge in [-0.15, -0.1) is 10.2 Å². The lowest BCUT2D eigenvalue weighted by Crippen LogP contribution is -2.49. The van der Waals surface area contributed by atoms with Crippen molar-refractivity contribution in [3.8, 4) is 0 Å². The van der Waals surface area contributed by atoms with Crippen molar-refractivity contribution < 1.29 is 13.2 Å². The predicted molar refractivity (Wildman–Crippen MR) is 66.8 cm³/mol. The molecule has 2 aromatic heterocycles. The molecule has 5 nitrogen and oxygen atoms in total. The zero-order valence-electron chi connectivity index (χ0n) is 10.3. The molecule has 3 rings (SSSR count). The van der Waals surface area contributed by atoms with Crippen LogP contribution < -0.4 is 4.90 Å². The fourth-order valence-electron chi connectivity index (χ4n) is 2.49. The van der Waals surface area contributed by atoms with Gasteiger partial charge >= 0.3 is 6.18 Å². The molecule has 9 heteroatoms. The Kier molecular flexibility index (Phi) is 3.19. The summed E-state index contributed by atoms with van der Waals surface area (Å²) in [5, 5.41) is 7.79. The normalized spacial score (nSPS) is 20.6. The van der Waals surface area contributed by atoms with Crippen LogP contribution in [-0.4, -0.2) is 38.3 Å². The minimum absolute atomic E-state index is 0.0667. The minimum Gasteiger partial charge on any atom is -0.329 e. The van der Waals surface area contributed by atoms with Crippen molar-refractivity contribution in [2.45, 2.75) is 31.5 Å². The van der Waals surface area contributed by atoms with E-state index in [1.54, 1.807) is 0 Å². The number of hydrogen-bond acceptors (Lipinski definition) is 4. The van der Waals surface area contributed by atoms with Crippen molar-refractivity contribution in [3.63, 3.8) is 0 Å². The molecule has 0 bridgehead atoms. The Hall–Kier alpha value is -1.57. The summed E-state index contributed by atoms with van der Waals surface area (Å²) in [6.45, 7) is 0.297. The van der Waals surface area contributed by atoms with E-state index in [1.165, 1.54) is 21.7 Å². The fraction of sp³-hybridized carbons (Fsp3) is 0.545. The SMILES string of the molecule is FC(F)(F)C1CCCCN1c1nnc2c(Cl)nccn12. The molecule has 3 heterocycles. The van der Waals surface area contributed by atoms with Crippen LogP contribution in [0.2, 0.25) is 5.15 Å². The molecule has 2 aromatic rings. The van der Waals surface area contributed by atoms with Gasteiger partial charge in [-0.2, -0.15) is 13.2 Å². The predicted octanol–water partition coefficient (Wildman–Crippen LogP) is 2.70. The van der Waals surface area contributed by atoms with E-state index in [0.29, 0.717) is 19.4 Å². The third-order valence-corrected chi connectivity index (χ3v) is 3.67. The van der Waals surface area contributed by atoms with Gasteiger partial charge < -0.3 is 4.90 Å². The highest BCUT2D eigenvalue weighted by molar-refractivity contribution is 6.32. The van der Waals surface area contributed by atoms with Gasteiger partial charge in [0.25, 0.3) is 0 Å². The Morgan fingerprint density at radius 3 is 2.80 bits per heavy atom. The smallest absolute Gasteiger partial charge is 0.329 e. The van der Waals surface area contributed by atoms with E-state index in [-0.39, 0.29) is 23.2 Å². The van der Waals surface area contributed by atoms with Crippen LogP contribution in [0.15, 0.2) is 12.4 Å². The second-order valence-corrected chi connectivity index (χ2v) is 5.02. The van der Waals surface area contributed by atoms with E-state index in [4.69, 9.17) is 11.6 Å². The molecule has 1 atom stereocenters. The van der Waals surface area contributed by atoms with Gasteiger partial charge in [0.15, 0.2) is 10.8 Å². The first-order valence-electron chi connectivity index (χ1n) is 6.17. The van der Waals surface area contributed by atoms with Gasteiger partial charge in [0, 0.05) is 18.9 Å². The van der Waals surface area contributed by atoms with E-state index in [2.05, 4.69) is 15.2 Å². The van der Waals surface area contributed by atoms with Crippen molar-refractivity contribution in [1.82, 2.24) is 19.6 Å². The summed E-state index contributed by atoms with van der Waals surface area (Å²) in [7, 11) is 0. The van der Waals surface area contributed by atoms with Crippen LogP contribution in [-0.2, 0) is 0 Å². The Morgan fingerprint density at radius 2 is 2.05 bits per heavy atom. The summed E-state index contributed by atoms with van der Waals surface area (Å²) < 4.78 is 40.8. The molecule has 1 fully saturated rings. The number of hydrogen-bond donors (Lipinski definition) is 0. The van der Waals surface area contributed by atoms with Gasteiger partial charge in [-0.25, -0.2) is 4.98 Å². The number of aromatic nitrogens is 4. The molecule has 1 unspecified atom stereocenters. The maximum Gasteiger partial charge on any atom is 0.408 e. The first-order valence-corrected chi connectivity index (χ1v) is 6.55. The number of nitrogens with zero attached hydrogens (tertiary/aromatic N) is 5. The molecule has 0 radical (unpaired) electrons. The number of rotatable bonds is 1. The van der Waals surface area contributed by atoms with Crippen LogP contribution in [0.4, 0.5) is 19.1 Å². The quantitative estimate of drug-likeness (QED) is 0.812. The first kappa shape index (κ1) is 13.4. The second kappa shape index (κ2) is 4.76. The lowest BCUT2D eigenvalue weighted by atomic mass is 10.0. The molecule has 0 saturated carbocycles. The third kappa shape index (κ3) is 2.17. The standard InChI is InChI=1S/C11H11ClF3N5/c12-8-9-17-18-10(20(9)6-4-16-8)19-5-2-1-3-7(19)11(13,14)15/h4,6-7H,1-3,5H2. The molecule has 1 aliphatic heterocycles. The zero-order chi connectivity index (χ0) is 14.3. The summed E-state index contributed by atoms with van der Waals surface area (Å²) >= 11 is 5.86. The highest BCUT2D eigenvalue weighted by Crippen LogP contribution is 2.34. The zero-order valence-corrected chi connectivity index (χ0v) is 11.1. The van der Waals surface area contributed by atoms with Gasteiger partial charge in [-0.05, 0) is 19.3 Å². The minimum atomic E-state index is -4.29. The summed E-state index contributed by atoms with van der Waals surface area (Å²) in [4.78, 5) is 5.08. The summed E-state index contributed by atoms with van der Waals surface area (Å²) in [5.41, 5.74) is 0.260. The molecule has 0 amide bonds. The number of alkyl halides is 3. The molecule has 0 spiro atoms. The number of fused-ring (bicyclic) bond motifs is 1. The first-order chi connectivity index (χ1) is 9.48. The Labute approximate surface area is 117 Å². The van der Waals surface area contributed by atoms with Gasteiger partial charge in [0.1, 0.15) is 6.04 Å². The van der Waals surface area contributed by atoms with Crippen LogP contribution in [0.1, 0.15) is 19.3 Å². The molecule has 20 heavy (non-hydrogen) atoms. The highest BCUT2D eigenvalue weighted by atomic mass is 35.5. The van der Waals surface area contributed by atoms with Gasteiger partial charge in [0.2, 0.25) is 5.95 Å². The summed E-state index contributed by atoms with van der Waals surface area (Å²) in [6.07, 6.45) is -0.0480. The van der Waals surface area contributed by atoms with Crippen LogP contribution in [0.5, 0.6) is 0 Å². The third-order valence-electron chi connectivity index (χ3n) is 3.40. The molecule has 0 N–H and O–H groups in total. The molecular weight excluding hydrogens is 295 g/mol. The average molecular weight is 306 g/mol. The van der Waals surface area contributed by atoms with Crippen LogP contribution >= 0.6 is 11.6 Å². The highest BCUT2D eigenvalue weighted by Gasteiger charge is 2.45. The van der Waals surface area contributed by atoms with Gasteiger partial charge in [-0.1, -0.05) is 11.6 Å². The molecule has 1 saturated heterocycles. The topological polar surface area (TPSA) is 46.3 Å². The Bertz CT molecular complexity index is 626. The van der Waals surface area contributed by atoms with E-state index in [0.717, 1.165) is 0 Å². The average Bonchev–Trinajstić information content (AvgIpc) is 2.83. The van der Waals surface area contributed by atoms with E-state index in [1.807, 2.05) is 0 Å². The number of halogens is 4. The lowest BCUT2D eigenvalue weighted by Gasteiger charge is -2.36. The van der Waals surface area contributed by atoms with Crippen LogP contribution in [0.25, 0.3) is 5.65 Å². The van der Waals surface area contributed by atoms with Crippen LogP contribution in [0, 0.1) is 0 Å². The van der Waals surface area contributed by atoms with Crippen molar-refractivity contribution in [2.24, 2.45) is 0 Å². The van der Waals surface area contributed by atoms with Gasteiger partial charge in [-0.3, -0.25) is 4.40 Å². The van der Waals surface area contributed by atoms with Gasteiger partial charge in [0.05, 0.1) is 0 Å². The Balaban J connectivity index is 2.06. The lowest BCUT2D eigenvalue weighted by molar-refractivity contribution is -0.152. The van der Waals surface area contributed by atoms with Crippen molar-refractivity contribution in [1.29, 1.82) is 0 Å². The molecule has 0 aromatic carbocycles. The maximum absolute atomic E-state index is 13.1.